The molecular formula is C14H18N2O2. The highest BCUT2D eigenvalue weighted by Crippen LogP contribution is 2.22. The van der Waals surface area contributed by atoms with Crippen LogP contribution in [0.5, 0.6) is 5.75 Å². The summed E-state index contributed by atoms with van der Waals surface area (Å²) in [4.78, 5) is 12.1. The molecule has 18 heavy (non-hydrogen) atoms. The summed E-state index contributed by atoms with van der Waals surface area (Å²) in [6.45, 7) is 0. The molecule has 2 rings (SSSR count). The molecule has 0 saturated carbocycles. The minimum Gasteiger partial charge on any atom is -0.496 e. The highest BCUT2D eigenvalue weighted by molar-refractivity contribution is 5.97. The highest BCUT2D eigenvalue weighted by atomic mass is 16.5. The summed E-state index contributed by atoms with van der Waals surface area (Å²) in [5, 5.41) is 3.02. The van der Waals surface area contributed by atoms with Gasteiger partial charge in [-0.2, -0.15) is 0 Å². The topological polar surface area (TPSA) is 64.3 Å². The van der Waals surface area contributed by atoms with E-state index in [4.69, 9.17) is 10.5 Å². The Balaban J connectivity index is 2.10. The van der Waals surface area contributed by atoms with Gasteiger partial charge < -0.3 is 15.8 Å². The third-order valence-electron chi connectivity index (χ3n) is 3.07. The largest absolute Gasteiger partial charge is 0.496 e. The molecule has 0 radical (unpaired) electrons. The molecule has 1 unspecified atom stereocenters. The molecule has 1 aliphatic carbocycles. The summed E-state index contributed by atoms with van der Waals surface area (Å²) in [5.41, 5.74) is 6.78. The number of hydrogen-bond donors (Lipinski definition) is 2. The zero-order valence-electron chi connectivity index (χ0n) is 10.5. The molecule has 1 atom stereocenters. The van der Waals surface area contributed by atoms with Gasteiger partial charge in [0, 0.05) is 17.8 Å². The molecular weight excluding hydrogens is 228 g/mol. The monoisotopic (exact) mass is 246 g/mol. The van der Waals surface area contributed by atoms with Crippen LogP contribution >= 0.6 is 0 Å². The van der Waals surface area contributed by atoms with E-state index in [9.17, 15) is 4.79 Å². The number of rotatable bonds is 3. The normalized spacial score (nSPS) is 18.4. The molecule has 3 N–H and O–H groups in total. The minimum atomic E-state index is -0.104. The molecule has 0 aliphatic heterocycles. The first kappa shape index (κ1) is 12.5. The zero-order valence-corrected chi connectivity index (χ0v) is 10.5. The van der Waals surface area contributed by atoms with E-state index in [1.807, 2.05) is 0 Å². The van der Waals surface area contributed by atoms with Crippen molar-refractivity contribution >= 4 is 11.6 Å². The Morgan fingerprint density at radius 2 is 2.28 bits per heavy atom. The van der Waals surface area contributed by atoms with Crippen molar-refractivity contribution in [2.24, 2.45) is 0 Å². The molecule has 0 spiro atoms. The van der Waals surface area contributed by atoms with Crippen LogP contribution in [0.4, 0.5) is 5.69 Å². The fourth-order valence-electron chi connectivity index (χ4n) is 2.08. The Labute approximate surface area is 107 Å². The Hall–Kier alpha value is -1.97. The predicted molar refractivity (Wildman–Crippen MR) is 71.7 cm³/mol. The number of methoxy groups -OCH3 is 1. The molecule has 0 aromatic heterocycles. The van der Waals surface area contributed by atoms with Gasteiger partial charge in [0.2, 0.25) is 0 Å². The zero-order chi connectivity index (χ0) is 13.0. The predicted octanol–water partition coefficient (Wildman–Crippen LogP) is 2.12. The van der Waals surface area contributed by atoms with E-state index in [0.717, 1.165) is 19.3 Å². The third kappa shape index (κ3) is 2.83. The molecule has 1 aromatic rings. The van der Waals surface area contributed by atoms with Crippen LogP contribution in [0, 0.1) is 0 Å². The van der Waals surface area contributed by atoms with Crippen molar-refractivity contribution in [1.29, 1.82) is 0 Å². The van der Waals surface area contributed by atoms with Gasteiger partial charge in [-0.15, -0.1) is 0 Å². The average molecular weight is 246 g/mol. The van der Waals surface area contributed by atoms with Crippen LogP contribution in [0.2, 0.25) is 0 Å². The fourth-order valence-corrected chi connectivity index (χ4v) is 2.08. The lowest BCUT2D eigenvalue weighted by Crippen LogP contribution is -2.35. The maximum absolute atomic E-state index is 12.1. The lowest BCUT2D eigenvalue weighted by atomic mass is 10.0. The van der Waals surface area contributed by atoms with Gasteiger partial charge in [-0.25, -0.2) is 0 Å². The number of carbonyl (C=O) groups is 1. The number of allylic oxidation sites excluding steroid dienone is 1. The van der Waals surface area contributed by atoms with Crippen molar-refractivity contribution < 1.29 is 9.53 Å². The minimum absolute atomic E-state index is 0.104. The van der Waals surface area contributed by atoms with Gasteiger partial charge in [0.15, 0.2) is 0 Å². The van der Waals surface area contributed by atoms with E-state index in [0.29, 0.717) is 17.0 Å². The molecule has 1 aliphatic rings. The first-order chi connectivity index (χ1) is 8.70. The summed E-state index contributed by atoms with van der Waals surface area (Å²) in [6.07, 6.45) is 7.15. The Morgan fingerprint density at radius 3 is 2.94 bits per heavy atom. The van der Waals surface area contributed by atoms with Gasteiger partial charge in [0.1, 0.15) is 5.75 Å². The third-order valence-corrected chi connectivity index (χ3v) is 3.07. The lowest BCUT2D eigenvalue weighted by Gasteiger charge is -2.20. The highest BCUT2D eigenvalue weighted by Gasteiger charge is 2.17. The van der Waals surface area contributed by atoms with Crippen molar-refractivity contribution in [3.05, 3.63) is 35.9 Å². The standard InChI is InChI=1S/C14H18N2O2/c1-18-13-9-10(15)7-8-12(13)14(17)16-11-5-3-2-4-6-11/h2-3,7-9,11H,4-6,15H2,1H3,(H,16,17). The fraction of sp³-hybridized carbons (Fsp3) is 0.357. The van der Waals surface area contributed by atoms with E-state index in [1.165, 1.54) is 7.11 Å². The van der Waals surface area contributed by atoms with Gasteiger partial charge in [-0.3, -0.25) is 4.79 Å². The second kappa shape index (κ2) is 5.58. The first-order valence-electron chi connectivity index (χ1n) is 6.10. The molecule has 0 saturated heterocycles. The summed E-state index contributed by atoms with van der Waals surface area (Å²) < 4.78 is 5.18. The number of ether oxygens (including phenoxy) is 1. The second-order valence-corrected chi connectivity index (χ2v) is 4.41. The van der Waals surface area contributed by atoms with Gasteiger partial charge in [0.25, 0.3) is 5.91 Å². The van der Waals surface area contributed by atoms with Crippen LogP contribution in [-0.2, 0) is 0 Å². The number of amides is 1. The van der Waals surface area contributed by atoms with Crippen molar-refractivity contribution in [1.82, 2.24) is 5.32 Å². The molecule has 1 amide bonds. The van der Waals surface area contributed by atoms with Crippen LogP contribution in [0.1, 0.15) is 29.6 Å². The van der Waals surface area contributed by atoms with Gasteiger partial charge in [0.05, 0.1) is 12.7 Å². The van der Waals surface area contributed by atoms with Crippen molar-refractivity contribution in [2.75, 3.05) is 12.8 Å². The number of hydrogen-bond acceptors (Lipinski definition) is 3. The summed E-state index contributed by atoms with van der Waals surface area (Å²) in [7, 11) is 1.54. The Morgan fingerprint density at radius 1 is 1.44 bits per heavy atom. The van der Waals surface area contributed by atoms with Crippen LogP contribution < -0.4 is 15.8 Å². The second-order valence-electron chi connectivity index (χ2n) is 4.41. The molecule has 1 aromatic carbocycles. The number of benzene rings is 1. The summed E-state index contributed by atoms with van der Waals surface area (Å²) in [5.74, 6) is 0.408. The maximum Gasteiger partial charge on any atom is 0.255 e. The summed E-state index contributed by atoms with van der Waals surface area (Å²) >= 11 is 0. The van der Waals surface area contributed by atoms with Crippen LogP contribution in [0.25, 0.3) is 0 Å². The van der Waals surface area contributed by atoms with Crippen molar-refractivity contribution in [3.8, 4) is 5.75 Å². The van der Waals surface area contributed by atoms with E-state index >= 15 is 0 Å². The van der Waals surface area contributed by atoms with E-state index in [-0.39, 0.29) is 11.9 Å². The molecule has 0 heterocycles. The number of carbonyl (C=O) groups excluding carboxylic acids is 1. The Bertz CT molecular complexity index is 469. The van der Waals surface area contributed by atoms with Crippen LogP contribution in [0.15, 0.2) is 30.4 Å². The number of nitrogens with one attached hydrogen (secondary N) is 1. The van der Waals surface area contributed by atoms with Crippen LogP contribution in [-0.4, -0.2) is 19.1 Å². The lowest BCUT2D eigenvalue weighted by molar-refractivity contribution is 0.0931. The van der Waals surface area contributed by atoms with Gasteiger partial charge in [-0.1, -0.05) is 12.2 Å². The van der Waals surface area contributed by atoms with Crippen molar-refractivity contribution in [2.45, 2.75) is 25.3 Å². The molecule has 0 fully saturated rings. The molecule has 0 bridgehead atoms. The maximum atomic E-state index is 12.1. The van der Waals surface area contributed by atoms with Gasteiger partial charge >= 0.3 is 0 Å². The Kier molecular flexibility index (Phi) is 3.87. The molecule has 96 valence electrons. The average Bonchev–Trinajstić information content (AvgIpc) is 2.39. The number of nitrogens with two attached hydrogens (primary N) is 1. The SMILES string of the molecule is COc1cc(N)ccc1C(=O)NC1CC=CCC1. The first-order valence-corrected chi connectivity index (χ1v) is 6.10. The number of anilines is 1. The quantitative estimate of drug-likeness (QED) is 0.634. The molecule has 4 heteroatoms. The molecule has 4 nitrogen and oxygen atoms in total. The van der Waals surface area contributed by atoms with Gasteiger partial charge in [-0.05, 0) is 31.4 Å². The van der Waals surface area contributed by atoms with Crippen molar-refractivity contribution in [3.63, 3.8) is 0 Å². The van der Waals surface area contributed by atoms with E-state index < -0.39 is 0 Å². The van der Waals surface area contributed by atoms with Crippen LogP contribution in [0.3, 0.4) is 0 Å². The van der Waals surface area contributed by atoms with E-state index in [2.05, 4.69) is 17.5 Å². The number of nitrogen functional groups attached to an aromatic ring is 1. The summed E-state index contributed by atoms with van der Waals surface area (Å²) in [6, 6.07) is 5.28. The van der Waals surface area contributed by atoms with E-state index in [1.54, 1.807) is 18.2 Å². The smallest absolute Gasteiger partial charge is 0.255 e.